The van der Waals surface area contributed by atoms with Crippen molar-refractivity contribution in [1.29, 1.82) is 0 Å². The molecule has 127 valence electrons. The summed E-state index contributed by atoms with van der Waals surface area (Å²) in [6.45, 7) is 0. The van der Waals surface area contributed by atoms with Crippen LogP contribution < -0.4 is 0 Å². The van der Waals surface area contributed by atoms with E-state index in [4.69, 9.17) is 0 Å². The van der Waals surface area contributed by atoms with Gasteiger partial charge in [-0.15, -0.1) is 0 Å². The molecule has 3 rings (SSSR count). The summed E-state index contributed by atoms with van der Waals surface area (Å²) in [5.41, 5.74) is 0. The third kappa shape index (κ3) is 16.7. The van der Waals surface area contributed by atoms with Crippen molar-refractivity contribution in [3.63, 3.8) is 0 Å². The zero-order valence-corrected chi connectivity index (χ0v) is 14.2. The standard InChI is InChI=1S/C10H8.C5H5.F6P.Ru/c1-2-6-10-8-4-3-7-9(10)5-1;1-2-4-5-3-1;1-7(2,3,4,5)6;/h1-8H;1-5H;;/q;;-1;+2. The number of halogens is 6. The first-order valence-corrected chi connectivity index (χ1v) is 8.11. The first-order chi connectivity index (χ1) is 9.92. The fourth-order valence-corrected chi connectivity index (χ4v) is 1.45. The van der Waals surface area contributed by atoms with Gasteiger partial charge in [-0.3, -0.25) is 0 Å². The summed E-state index contributed by atoms with van der Waals surface area (Å²) < 4.78 is 59.2. The Labute approximate surface area is 146 Å². The van der Waals surface area contributed by atoms with E-state index in [0.717, 1.165) is 0 Å². The van der Waals surface area contributed by atoms with Crippen LogP contribution in [-0.4, -0.2) is 0 Å². The SMILES string of the molecule is F[P-](F)(F)(F)(F)F.[CH]1[CH][CH][CH][CH]1.[CH]1[CH][CH][C]2C=CC=C[C]2[CH]1.[Ru+2]. The molecule has 0 bridgehead atoms. The molecule has 3 aliphatic carbocycles. The van der Waals surface area contributed by atoms with Crippen LogP contribution in [0.25, 0.3) is 0 Å². The quantitative estimate of drug-likeness (QED) is 0.230. The van der Waals surface area contributed by atoms with Crippen molar-refractivity contribution in [1.82, 2.24) is 0 Å². The molecule has 0 N–H and O–H groups in total. The molecule has 0 aliphatic heterocycles. The molecule has 2 fully saturated rings. The topological polar surface area (TPSA) is 0 Å². The Morgan fingerprint density at radius 3 is 1.04 bits per heavy atom. The maximum absolute atomic E-state index is 10.7. The maximum Gasteiger partial charge on any atom is 2.00 e. The Balaban J connectivity index is 0.000000330. The van der Waals surface area contributed by atoms with E-state index in [1.165, 1.54) is 11.8 Å². The summed E-state index contributed by atoms with van der Waals surface area (Å²) in [6.07, 6.45) is 26.7. The van der Waals surface area contributed by atoms with Crippen molar-refractivity contribution >= 4 is 7.81 Å². The molecule has 0 amide bonds. The molecule has 0 aromatic rings. The molecule has 0 spiro atoms. The minimum absolute atomic E-state index is 0. The van der Waals surface area contributed by atoms with Crippen LogP contribution in [-0.2, 0) is 19.5 Å². The molecular weight excluding hydrogens is 426 g/mol. The molecule has 8 heteroatoms. The maximum atomic E-state index is 9.87. The van der Waals surface area contributed by atoms with E-state index < -0.39 is 7.81 Å². The number of hydrogen-bond donors (Lipinski definition) is 0. The molecule has 2 saturated carbocycles. The molecule has 0 heterocycles. The molecule has 0 aromatic carbocycles. The van der Waals surface area contributed by atoms with Gasteiger partial charge < -0.3 is 0 Å². The van der Waals surface area contributed by atoms with Crippen molar-refractivity contribution in [3.8, 4) is 0 Å². The van der Waals surface area contributed by atoms with E-state index in [1.807, 2.05) is 32.1 Å². The Morgan fingerprint density at radius 1 is 0.522 bits per heavy atom. The molecule has 3 aliphatic rings. The van der Waals surface area contributed by atoms with E-state index in [9.17, 15) is 25.2 Å². The minimum Gasteiger partial charge on any atom is -0.0762 e. The average Bonchev–Trinajstić information content (AvgIpc) is 2.94. The van der Waals surface area contributed by atoms with E-state index >= 15 is 0 Å². The molecule has 0 atom stereocenters. The minimum atomic E-state index is -10.7. The Bertz CT molecular complexity index is 357. The number of fused-ring (bicyclic) bond motifs is 1. The molecule has 0 aromatic heterocycles. The molecule has 11 radical (unpaired) electrons. The molecular formula is C15H13F6PRu+. The van der Waals surface area contributed by atoms with Gasteiger partial charge >= 0.3 is 52.5 Å². The van der Waals surface area contributed by atoms with Gasteiger partial charge in [0.15, 0.2) is 0 Å². The third-order valence-electron chi connectivity index (χ3n) is 2.21. The van der Waals surface area contributed by atoms with Gasteiger partial charge in [0.25, 0.3) is 0 Å². The van der Waals surface area contributed by atoms with Gasteiger partial charge in [0.1, 0.15) is 0 Å². The Hall–Kier alpha value is 0.113. The molecule has 0 nitrogen and oxygen atoms in total. The summed E-state index contributed by atoms with van der Waals surface area (Å²) >= 11 is 0. The van der Waals surface area contributed by atoms with E-state index in [1.54, 1.807) is 0 Å². The van der Waals surface area contributed by atoms with Crippen molar-refractivity contribution in [3.05, 3.63) is 93.9 Å². The fourth-order valence-electron chi connectivity index (χ4n) is 1.45. The van der Waals surface area contributed by atoms with Crippen LogP contribution in [0.3, 0.4) is 0 Å². The average molecular weight is 439 g/mol. The zero-order valence-electron chi connectivity index (χ0n) is 11.6. The van der Waals surface area contributed by atoms with E-state index in [0.29, 0.717) is 0 Å². The fraction of sp³-hybridized carbons (Fsp3) is 0. The van der Waals surface area contributed by atoms with Gasteiger partial charge in [-0.25, -0.2) is 0 Å². The van der Waals surface area contributed by atoms with Gasteiger partial charge in [0.2, 0.25) is 0 Å². The summed E-state index contributed by atoms with van der Waals surface area (Å²) in [6, 6.07) is 0. The predicted octanol–water partition coefficient (Wildman–Crippen LogP) is 6.49. The second-order valence-electron chi connectivity index (χ2n) is 4.27. The van der Waals surface area contributed by atoms with Crippen molar-refractivity contribution in [2.75, 3.05) is 0 Å². The van der Waals surface area contributed by atoms with Gasteiger partial charge in [-0.1, -0.05) is 24.3 Å². The van der Waals surface area contributed by atoms with Gasteiger partial charge in [0, 0.05) is 11.8 Å². The van der Waals surface area contributed by atoms with Crippen LogP contribution in [0.2, 0.25) is 0 Å². The van der Waals surface area contributed by atoms with Crippen molar-refractivity contribution in [2.24, 2.45) is 0 Å². The van der Waals surface area contributed by atoms with Crippen molar-refractivity contribution < 1.29 is 44.7 Å². The zero-order chi connectivity index (χ0) is 16.8. The largest absolute Gasteiger partial charge is 2.00 e. The van der Waals surface area contributed by atoms with Crippen LogP contribution in [0.4, 0.5) is 25.2 Å². The molecule has 0 unspecified atom stereocenters. The summed E-state index contributed by atoms with van der Waals surface area (Å²) in [4.78, 5) is 0. The normalized spacial score (nSPS) is 23.9. The summed E-state index contributed by atoms with van der Waals surface area (Å²) in [5, 5.41) is 0. The summed E-state index contributed by atoms with van der Waals surface area (Å²) in [7, 11) is -10.7. The predicted molar refractivity (Wildman–Crippen MR) is 77.0 cm³/mol. The molecule has 0 saturated heterocycles. The van der Waals surface area contributed by atoms with Crippen molar-refractivity contribution in [2.45, 2.75) is 0 Å². The van der Waals surface area contributed by atoms with Crippen LogP contribution in [0.1, 0.15) is 0 Å². The van der Waals surface area contributed by atoms with E-state index in [2.05, 4.69) is 50.0 Å². The first kappa shape index (κ1) is 23.1. The second-order valence-corrected chi connectivity index (χ2v) is 6.18. The monoisotopic (exact) mass is 440 g/mol. The number of allylic oxidation sites excluding steroid dienone is 4. The Kier molecular flexibility index (Phi) is 8.51. The van der Waals surface area contributed by atoms with Crippen LogP contribution >= 0.6 is 7.81 Å². The third-order valence-corrected chi connectivity index (χ3v) is 2.21. The Morgan fingerprint density at radius 2 is 0.783 bits per heavy atom. The van der Waals surface area contributed by atoms with Crippen LogP contribution in [0.15, 0.2) is 24.3 Å². The smallest absolute Gasteiger partial charge is 0.0762 e. The van der Waals surface area contributed by atoms with Gasteiger partial charge in [0.05, 0.1) is 0 Å². The van der Waals surface area contributed by atoms with Gasteiger partial charge in [-0.05, 0) is 57.8 Å². The van der Waals surface area contributed by atoms with Crippen LogP contribution in [0.5, 0.6) is 0 Å². The van der Waals surface area contributed by atoms with Gasteiger partial charge in [-0.2, -0.15) is 0 Å². The number of rotatable bonds is 0. The number of hydrogen-bond acceptors (Lipinski definition) is 0. The van der Waals surface area contributed by atoms with E-state index in [-0.39, 0.29) is 19.5 Å². The summed E-state index contributed by atoms with van der Waals surface area (Å²) in [5.74, 6) is 2.62. The van der Waals surface area contributed by atoms with Crippen LogP contribution in [0, 0.1) is 69.6 Å². The second kappa shape index (κ2) is 8.47. The molecule has 23 heavy (non-hydrogen) atoms. The first-order valence-electron chi connectivity index (χ1n) is 6.09.